The molecule has 0 aliphatic carbocycles. The highest BCUT2D eigenvalue weighted by molar-refractivity contribution is 5.10. The highest BCUT2D eigenvalue weighted by Crippen LogP contribution is 2.32. The maximum atomic E-state index is 3.45. The van der Waals surface area contributed by atoms with E-state index in [0.717, 1.165) is 0 Å². The summed E-state index contributed by atoms with van der Waals surface area (Å²) >= 11 is 0. The van der Waals surface area contributed by atoms with Crippen molar-refractivity contribution in [2.24, 2.45) is 11.8 Å². The van der Waals surface area contributed by atoms with Crippen LogP contribution in [0.1, 0.15) is 34.1 Å². The first kappa shape index (κ1) is 8.63. The molecule has 11 heavy (non-hydrogen) atoms. The molecule has 1 unspecified atom stereocenters. The molecule has 0 amide bonds. The van der Waals surface area contributed by atoms with Crippen molar-refractivity contribution >= 4 is 0 Å². The Morgan fingerprint density at radius 3 is 2.55 bits per heavy atom. The van der Waals surface area contributed by atoms with Crippen molar-refractivity contribution in [3.63, 3.8) is 0 Å². The maximum Gasteiger partial charge on any atom is 0.0425 e. The molecule has 2 atom stereocenters. The first-order valence-electron chi connectivity index (χ1n) is 4.55. The summed E-state index contributed by atoms with van der Waals surface area (Å²) in [5.41, 5.74) is 0.300. The van der Waals surface area contributed by atoms with E-state index in [1.165, 1.54) is 6.42 Å². The van der Waals surface area contributed by atoms with E-state index in [9.17, 15) is 0 Å². The van der Waals surface area contributed by atoms with Crippen LogP contribution in [0.15, 0.2) is 12.3 Å². The van der Waals surface area contributed by atoms with Gasteiger partial charge in [0.05, 0.1) is 0 Å². The fraction of sp³-hybridized carbons (Fsp3) is 0.800. The topological polar surface area (TPSA) is 12.0 Å². The lowest BCUT2D eigenvalue weighted by Crippen LogP contribution is -2.46. The molecule has 1 heteroatoms. The molecular weight excluding hydrogens is 134 g/mol. The summed E-state index contributed by atoms with van der Waals surface area (Å²) in [6.45, 7) is 9.12. The zero-order valence-electron chi connectivity index (χ0n) is 8.02. The normalized spacial score (nSPS) is 36.3. The van der Waals surface area contributed by atoms with Crippen LogP contribution in [-0.4, -0.2) is 5.54 Å². The van der Waals surface area contributed by atoms with Gasteiger partial charge in [-0.05, 0) is 25.5 Å². The molecule has 0 fully saturated rings. The Morgan fingerprint density at radius 1 is 1.55 bits per heavy atom. The molecule has 1 aliphatic heterocycles. The van der Waals surface area contributed by atoms with E-state index in [4.69, 9.17) is 0 Å². The highest BCUT2D eigenvalue weighted by atomic mass is 15.0. The Bertz CT molecular complexity index is 160. The maximum absolute atomic E-state index is 3.45. The Balaban J connectivity index is 2.71. The van der Waals surface area contributed by atoms with Crippen molar-refractivity contribution in [3.05, 3.63) is 12.3 Å². The summed E-state index contributed by atoms with van der Waals surface area (Å²) in [4.78, 5) is 0. The second-order valence-electron chi connectivity index (χ2n) is 3.96. The van der Waals surface area contributed by atoms with Crippen LogP contribution in [0, 0.1) is 11.8 Å². The van der Waals surface area contributed by atoms with E-state index in [2.05, 4.69) is 45.3 Å². The van der Waals surface area contributed by atoms with Crippen LogP contribution in [0.4, 0.5) is 0 Å². The quantitative estimate of drug-likeness (QED) is 0.643. The molecule has 0 saturated heterocycles. The third-order valence-corrected chi connectivity index (χ3v) is 3.13. The molecule has 1 N–H and O–H groups in total. The number of hydrogen-bond acceptors (Lipinski definition) is 1. The third kappa shape index (κ3) is 1.29. The van der Waals surface area contributed by atoms with Gasteiger partial charge >= 0.3 is 0 Å². The molecule has 1 nitrogen and oxygen atoms in total. The van der Waals surface area contributed by atoms with Gasteiger partial charge in [-0.1, -0.05) is 26.8 Å². The van der Waals surface area contributed by atoms with Crippen molar-refractivity contribution in [3.8, 4) is 0 Å². The predicted octanol–water partition coefficient (Wildman–Crippen LogP) is 2.54. The average Bonchev–Trinajstić information content (AvgIpc) is 2.32. The van der Waals surface area contributed by atoms with Crippen molar-refractivity contribution in [1.29, 1.82) is 0 Å². The minimum atomic E-state index is 0.300. The van der Waals surface area contributed by atoms with Crippen LogP contribution in [0.25, 0.3) is 0 Å². The lowest BCUT2D eigenvalue weighted by molar-refractivity contribution is 0.232. The van der Waals surface area contributed by atoms with Gasteiger partial charge in [0.1, 0.15) is 0 Å². The van der Waals surface area contributed by atoms with Gasteiger partial charge in [-0.15, -0.1) is 0 Å². The van der Waals surface area contributed by atoms with E-state index in [0.29, 0.717) is 17.4 Å². The Hall–Kier alpha value is -0.460. The SMILES string of the molecule is CCC1C=CN[C@@]1(C)C(C)C. The van der Waals surface area contributed by atoms with Gasteiger partial charge in [0.15, 0.2) is 0 Å². The summed E-state index contributed by atoms with van der Waals surface area (Å²) in [6, 6.07) is 0. The fourth-order valence-corrected chi connectivity index (χ4v) is 1.81. The lowest BCUT2D eigenvalue weighted by Gasteiger charge is -2.35. The van der Waals surface area contributed by atoms with Crippen molar-refractivity contribution < 1.29 is 0 Å². The van der Waals surface area contributed by atoms with E-state index in [1.54, 1.807) is 0 Å². The molecule has 0 spiro atoms. The van der Waals surface area contributed by atoms with Gasteiger partial charge in [-0.25, -0.2) is 0 Å². The van der Waals surface area contributed by atoms with Crippen molar-refractivity contribution in [1.82, 2.24) is 5.32 Å². The standard InChI is InChI=1S/C10H19N/c1-5-9-6-7-11-10(9,4)8(2)3/h6-9,11H,5H2,1-4H3/t9?,10-/m0/s1. The van der Waals surface area contributed by atoms with E-state index < -0.39 is 0 Å². The Kier molecular flexibility index (Phi) is 2.26. The van der Waals surface area contributed by atoms with Crippen LogP contribution >= 0.6 is 0 Å². The van der Waals surface area contributed by atoms with Gasteiger partial charge < -0.3 is 5.32 Å². The van der Waals surface area contributed by atoms with Crippen LogP contribution in [-0.2, 0) is 0 Å². The van der Waals surface area contributed by atoms with E-state index in [1.807, 2.05) is 0 Å². The smallest absolute Gasteiger partial charge is 0.0425 e. The highest BCUT2D eigenvalue weighted by Gasteiger charge is 2.36. The Morgan fingerprint density at radius 2 is 2.18 bits per heavy atom. The first-order chi connectivity index (χ1) is 5.11. The number of rotatable bonds is 2. The molecule has 0 saturated carbocycles. The summed E-state index contributed by atoms with van der Waals surface area (Å²) in [6.07, 6.45) is 5.63. The van der Waals surface area contributed by atoms with Crippen LogP contribution in [0.3, 0.4) is 0 Å². The molecule has 1 rings (SSSR count). The lowest BCUT2D eigenvalue weighted by atomic mass is 9.77. The average molecular weight is 153 g/mol. The molecule has 1 heterocycles. The monoisotopic (exact) mass is 153 g/mol. The summed E-state index contributed by atoms with van der Waals surface area (Å²) < 4.78 is 0. The zero-order chi connectivity index (χ0) is 8.48. The van der Waals surface area contributed by atoms with Crippen LogP contribution < -0.4 is 5.32 Å². The summed E-state index contributed by atoms with van der Waals surface area (Å²) in [5.74, 6) is 1.41. The molecular formula is C10H19N. The molecule has 0 aromatic carbocycles. The first-order valence-corrected chi connectivity index (χ1v) is 4.55. The number of nitrogens with one attached hydrogen (secondary N) is 1. The molecule has 64 valence electrons. The number of hydrogen-bond donors (Lipinski definition) is 1. The van der Waals surface area contributed by atoms with Crippen molar-refractivity contribution in [2.75, 3.05) is 0 Å². The van der Waals surface area contributed by atoms with E-state index in [-0.39, 0.29) is 0 Å². The second kappa shape index (κ2) is 2.88. The Labute approximate surface area is 69.9 Å². The molecule has 0 radical (unpaired) electrons. The molecule has 0 aromatic heterocycles. The minimum Gasteiger partial charge on any atom is -0.385 e. The molecule has 0 aromatic rings. The van der Waals surface area contributed by atoms with Gasteiger partial charge in [-0.2, -0.15) is 0 Å². The third-order valence-electron chi connectivity index (χ3n) is 3.13. The van der Waals surface area contributed by atoms with Crippen molar-refractivity contribution in [2.45, 2.75) is 39.7 Å². The summed E-state index contributed by atoms with van der Waals surface area (Å²) in [7, 11) is 0. The van der Waals surface area contributed by atoms with Crippen LogP contribution in [0.5, 0.6) is 0 Å². The summed E-state index contributed by atoms with van der Waals surface area (Å²) in [5, 5.41) is 3.45. The van der Waals surface area contributed by atoms with E-state index >= 15 is 0 Å². The van der Waals surface area contributed by atoms with Gasteiger partial charge in [0, 0.05) is 11.5 Å². The fourth-order valence-electron chi connectivity index (χ4n) is 1.81. The zero-order valence-corrected chi connectivity index (χ0v) is 8.02. The predicted molar refractivity (Wildman–Crippen MR) is 49.3 cm³/mol. The van der Waals surface area contributed by atoms with Gasteiger partial charge in [0.2, 0.25) is 0 Å². The molecule has 1 aliphatic rings. The largest absolute Gasteiger partial charge is 0.385 e. The molecule has 0 bridgehead atoms. The second-order valence-corrected chi connectivity index (χ2v) is 3.96. The van der Waals surface area contributed by atoms with Gasteiger partial charge in [-0.3, -0.25) is 0 Å². The minimum absolute atomic E-state index is 0.300. The van der Waals surface area contributed by atoms with Gasteiger partial charge in [0.25, 0.3) is 0 Å². The van der Waals surface area contributed by atoms with Crippen LogP contribution in [0.2, 0.25) is 0 Å².